The van der Waals surface area contributed by atoms with Gasteiger partial charge in [0.1, 0.15) is 5.69 Å². The van der Waals surface area contributed by atoms with E-state index < -0.39 is 4.92 Å². The second-order valence-corrected chi connectivity index (χ2v) is 7.76. The number of halogens is 1. The van der Waals surface area contributed by atoms with E-state index >= 15 is 0 Å². The molecule has 1 saturated heterocycles. The second-order valence-electron chi connectivity index (χ2n) is 7.36. The first-order valence-electron chi connectivity index (χ1n) is 9.51. The maximum Gasteiger partial charge on any atom is 0.294 e. The first-order valence-corrected chi connectivity index (χ1v) is 9.89. The molecule has 1 amide bonds. The molecular formula is C21H24ClN3O3. The molecule has 1 heterocycles. The van der Waals surface area contributed by atoms with Gasteiger partial charge in [-0.25, -0.2) is 0 Å². The van der Waals surface area contributed by atoms with E-state index in [1.165, 1.54) is 6.07 Å². The number of nitrogens with one attached hydrogen (secondary N) is 1. The van der Waals surface area contributed by atoms with Crippen molar-refractivity contribution in [2.45, 2.75) is 39.0 Å². The number of hydrogen-bond acceptors (Lipinski definition) is 4. The lowest BCUT2D eigenvalue weighted by molar-refractivity contribution is -0.384. The smallest absolute Gasteiger partial charge is 0.294 e. The number of benzene rings is 2. The van der Waals surface area contributed by atoms with Crippen molar-refractivity contribution in [1.29, 1.82) is 0 Å². The van der Waals surface area contributed by atoms with Crippen LogP contribution in [0.2, 0.25) is 5.02 Å². The quantitative estimate of drug-likeness (QED) is 0.521. The molecule has 3 rings (SSSR count). The Hall–Kier alpha value is -2.60. The number of anilines is 2. The van der Waals surface area contributed by atoms with Crippen LogP contribution in [0.4, 0.5) is 17.1 Å². The van der Waals surface area contributed by atoms with Crippen LogP contribution in [-0.4, -0.2) is 23.9 Å². The van der Waals surface area contributed by atoms with Gasteiger partial charge in [-0.1, -0.05) is 37.6 Å². The lowest BCUT2D eigenvalue weighted by Gasteiger charge is -2.29. The highest BCUT2D eigenvalue weighted by Gasteiger charge is 2.24. The summed E-state index contributed by atoms with van der Waals surface area (Å²) in [5, 5.41) is 14.4. The number of nitrogens with zero attached hydrogens (tertiary/aromatic N) is 2. The Kier molecular flexibility index (Phi) is 6.19. The summed E-state index contributed by atoms with van der Waals surface area (Å²) in [5.74, 6) is 0.0870. The summed E-state index contributed by atoms with van der Waals surface area (Å²) >= 11 is 6.25. The van der Waals surface area contributed by atoms with E-state index in [4.69, 9.17) is 11.6 Å². The van der Waals surface area contributed by atoms with Crippen LogP contribution in [0.25, 0.3) is 0 Å². The molecule has 2 aromatic carbocycles. The van der Waals surface area contributed by atoms with Crippen molar-refractivity contribution in [2.24, 2.45) is 0 Å². The maximum absolute atomic E-state index is 12.6. The zero-order valence-corrected chi connectivity index (χ0v) is 16.8. The molecule has 2 aromatic rings. The van der Waals surface area contributed by atoms with E-state index in [0.29, 0.717) is 22.9 Å². The van der Waals surface area contributed by atoms with E-state index in [2.05, 4.69) is 19.2 Å². The highest BCUT2D eigenvalue weighted by atomic mass is 35.5. The molecule has 0 aromatic heterocycles. The highest BCUT2D eigenvalue weighted by Crippen LogP contribution is 2.38. The van der Waals surface area contributed by atoms with Gasteiger partial charge in [0.15, 0.2) is 0 Å². The monoisotopic (exact) mass is 401 g/mol. The molecule has 0 spiro atoms. The predicted molar refractivity (Wildman–Crippen MR) is 113 cm³/mol. The van der Waals surface area contributed by atoms with Crippen LogP contribution in [-0.2, 0) is 0 Å². The van der Waals surface area contributed by atoms with Crippen molar-refractivity contribution in [2.75, 3.05) is 23.3 Å². The zero-order chi connectivity index (χ0) is 20.3. The van der Waals surface area contributed by atoms with Crippen molar-refractivity contribution >= 4 is 34.6 Å². The van der Waals surface area contributed by atoms with Crippen LogP contribution in [0, 0.1) is 10.1 Å². The first kappa shape index (κ1) is 20.1. The van der Waals surface area contributed by atoms with Gasteiger partial charge in [-0.05, 0) is 48.9 Å². The topological polar surface area (TPSA) is 75.5 Å². The van der Waals surface area contributed by atoms with Crippen LogP contribution in [0.3, 0.4) is 0 Å². The average molecular weight is 402 g/mol. The van der Waals surface area contributed by atoms with Gasteiger partial charge in [-0.15, -0.1) is 0 Å². The molecule has 1 N–H and O–H groups in total. The fraction of sp³-hybridized carbons (Fsp3) is 0.381. The summed E-state index contributed by atoms with van der Waals surface area (Å²) in [6.45, 7) is 5.70. The number of amides is 1. The van der Waals surface area contributed by atoms with Crippen LogP contribution < -0.4 is 10.2 Å². The molecule has 0 radical (unpaired) electrons. The lowest BCUT2D eigenvalue weighted by Crippen LogP contribution is -2.30. The number of rotatable bonds is 5. The summed E-state index contributed by atoms with van der Waals surface area (Å²) in [4.78, 5) is 25.7. The first-order chi connectivity index (χ1) is 13.4. The molecule has 0 saturated carbocycles. The molecule has 1 aliphatic rings. The minimum absolute atomic E-state index is 0.0359. The number of piperidine rings is 1. The number of carbonyl (C=O) groups excluding carboxylic acids is 1. The molecular weight excluding hydrogens is 378 g/mol. The van der Waals surface area contributed by atoms with Gasteiger partial charge in [-0.2, -0.15) is 0 Å². The minimum Gasteiger partial charge on any atom is -0.366 e. The molecule has 0 atom stereocenters. The Morgan fingerprint density at radius 2 is 1.79 bits per heavy atom. The standard InChI is InChI=1S/C21H24ClN3O3/c1-14(2)15-6-8-16(9-7-15)21(26)23-18-13-19(24-10-4-3-5-11-24)20(25(27)28)12-17(18)22/h6-9,12-14H,3-5,10-11H2,1-2H3,(H,23,26). The number of nitro groups is 1. The summed E-state index contributed by atoms with van der Waals surface area (Å²) < 4.78 is 0. The predicted octanol–water partition coefficient (Wildman–Crippen LogP) is 5.61. The molecule has 1 aliphatic heterocycles. The molecule has 1 fully saturated rings. The van der Waals surface area contributed by atoms with Crippen molar-refractivity contribution in [1.82, 2.24) is 0 Å². The van der Waals surface area contributed by atoms with Crippen LogP contribution >= 0.6 is 11.6 Å². The largest absolute Gasteiger partial charge is 0.366 e. The van der Waals surface area contributed by atoms with Gasteiger partial charge in [0.05, 0.1) is 15.6 Å². The Morgan fingerprint density at radius 1 is 1.14 bits per heavy atom. The Balaban J connectivity index is 1.88. The van der Waals surface area contributed by atoms with E-state index in [9.17, 15) is 14.9 Å². The van der Waals surface area contributed by atoms with Crippen molar-refractivity contribution < 1.29 is 9.72 Å². The Morgan fingerprint density at radius 3 is 2.36 bits per heavy atom. The second kappa shape index (κ2) is 8.61. The molecule has 28 heavy (non-hydrogen) atoms. The van der Waals surface area contributed by atoms with E-state index in [0.717, 1.165) is 37.9 Å². The number of hydrogen-bond donors (Lipinski definition) is 1. The summed E-state index contributed by atoms with van der Waals surface area (Å²) in [6.07, 6.45) is 3.10. The van der Waals surface area contributed by atoms with E-state index in [1.54, 1.807) is 18.2 Å². The normalized spacial score (nSPS) is 14.2. The molecule has 6 nitrogen and oxygen atoms in total. The fourth-order valence-corrected chi connectivity index (χ4v) is 3.60. The Bertz CT molecular complexity index is 875. The van der Waals surface area contributed by atoms with Gasteiger partial charge in [0, 0.05) is 24.7 Å². The van der Waals surface area contributed by atoms with Gasteiger partial charge in [-0.3, -0.25) is 14.9 Å². The van der Waals surface area contributed by atoms with Crippen molar-refractivity contribution in [3.8, 4) is 0 Å². The van der Waals surface area contributed by atoms with Crippen LogP contribution in [0.15, 0.2) is 36.4 Å². The van der Waals surface area contributed by atoms with Gasteiger partial charge >= 0.3 is 0 Å². The number of nitro benzene ring substituents is 1. The number of carbonyl (C=O) groups is 1. The van der Waals surface area contributed by atoms with Crippen LogP contribution in [0.5, 0.6) is 0 Å². The van der Waals surface area contributed by atoms with E-state index in [1.807, 2.05) is 17.0 Å². The molecule has 148 valence electrons. The summed E-state index contributed by atoms with van der Waals surface area (Å²) in [7, 11) is 0. The van der Waals surface area contributed by atoms with Crippen LogP contribution in [0.1, 0.15) is 54.9 Å². The molecule has 7 heteroatoms. The van der Waals surface area contributed by atoms with Gasteiger partial charge < -0.3 is 10.2 Å². The third-order valence-electron chi connectivity index (χ3n) is 5.05. The third-order valence-corrected chi connectivity index (χ3v) is 5.36. The molecule has 0 bridgehead atoms. The van der Waals surface area contributed by atoms with Crippen molar-refractivity contribution in [3.05, 3.63) is 62.7 Å². The summed E-state index contributed by atoms with van der Waals surface area (Å²) in [5.41, 5.74) is 2.51. The molecule has 0 unspecified atom stereocenters. The van der Waals surface area contributed by atoms with E-state index in [-0.39, 0.29) is 16.6 Å². The maximum atomic E-state index is 12.6. The third kappa shape index (κ3) is 4.44. The van der Waals surface area contributed by atoms with Crippen molar-refractivity contribution in [3.63, 3.8) is 0 Å². The van der Waals surface area contributed by atoms with Gasteiger partial charge in [0.25, 0.3) is 11.6 Å². The van der Waals surface area contributed by atoms with Gasteiger partial charge in [0.2, 0.25) is 0 Å². The Labute approximate surface area is 169 Å². The lowest BCUT2D eigenvalue weighted by atomic mass is 10.0. The SMILES string of the molecule is CC(C)c1ccc(C(=O)Nc2cc(N3CCCCC3)c([N+](=O)[O-])cc2Cl)cc1. The highest BCUT2D eigenvalue weighted by molar-refractivity contribution is 6.34. The minimum atomic E-state index is -0.425. The summed E-state index contributed by atoms with van der Waals surface area (Å²) in [6, 6.07) is 10.3. The fourth-order valence-electron chi connectivity index (χ4n) is 3.40. The average Bonchev–Trinajstić information content (AvgIpc) is 2.69. The molecule has 0 aliphatic carbocycles. The zero-order valence-electron chi connectivity index (χ0n) is 16.1.